The van der Waals surface area contributed by atoms with Crippen LogP contribution in [-0.4, -0.2) is 25.6 Å². The minimum Gasteiger partial charge on any atom is -0.339 e. The highest BCUT2D eigenvalue weighted by Gasteiger charge is 2.20. The fourth-order valence-electron chi connectivity index (χ4n) is 3.20. The summed E-state index contributed by atoms with van der Waals surface area (Å²) in [4.78, 5) is 21.1. The Balaban J connectivity index is 1.56. The van der Waals surface area contributed by atoms with E-state index in [-0.39, 0.29) is 5.91 Å². The average molecular weight is 361 g/mol. The summed E-state index contributed by atoms with van der Waals surface area (Å²) in [5.74, 6) is 0.628. The zero-order valence-electron chi connectivity index (χ0n) is 15.3. The van der Waals surface area contributed by atoms with Crippen molar-refractivity contribution in [2.24, 2.45) is 7.05 Å². The quantitative estimate of drug-likeness (QED) is 0.602. The van der Waals surface area contributed by atoms with Gasteiger partial charge in [0.1, 0.15) is 11.7 Å². The van der Waals surface area contributed by atoms with E-state index in [2.05, 4.69) is 20.4 Å². The first-order chi connectivity index (χ1) is 13.0. The molecule has 3 heterocycles. The number of para-hydroxylation sites is 1. The van der Waals surface area contributed by atoms with Crippen LogP contribution >= 0.6 is 0 Å². The van der Waals surface area contributed by atoms with Crippen LogP contribution in [0.5, 0.6) is 0 Å². The molecule has 0 aliphatic heterocycles. The van der Waals surface area contributed by atoms with Crippen molar-refractivity contribution < 1.29 is 9.32 Å². The normalized spacial score (nSPS) is 12.3. The number of nitrogens with one attached hydrogen (secondary N) is 1. The zero-order chi connectivity index (χ0) is 19.0. The summed E-state index contributed by atoms with van der Waals surface area (Å²) in [6.07, 6.45) is 3.33. The highest BCUT2D eigenvalue weighted by molar-refractivity contribution is 5.99. The summed E-state index contributed by atoms with van der Waals surface area (Å²) in [6, 6.07) is 11.1. The molecule has 1 amide bonds. The number of amides is 1. The number of hydrogen-bond donors (Lipinski definition) is 1. The van der Waals surface area contributed by atoms with Gasteiger partial charge < -0.3 is 14.4 Å². The Labute approximate surface area is 156 Å². The lowest BCUT2D eigenvalue weighted by molar-refractivity contribution is 0.0924. The summed E-state index contributed by atoms with van der Waals surface area (Å²) in [7, 11) is 1.89. The van der Waals surface area contributed by atoms with Gasteiger partial charge in [0.2, 0.25) is 11.7 Å². The molecular weight excluding hydrogens is 342 g/mol. The fraction of sp³-hybridized carbons (Fsp3) is 0.200. The van der Waals surface area contributed by atoms with Crippen LogP contribution in [0.1, 0.15) is 34.9 Å². The number of carbonyl (C=O) groups excluding carboxylic acids is 1. The Kier molecular flexibility index (Phi) is 4.19. The molecule has 7 nitrogen and oxygen atoms in total. The molecule has 136 valence electrons. The second-order valence-corrected chi connectivity index (χ2v) is 6.49. The maximum atomic E-state index is 12.8. The Morgan fingerprint density at radius 1 is 1.22 bits per heavy atom. The van der Waals surface area contributed by atoms with Gasteiger partial charge in [0.25, 0.3) is 5.91 Å². The predicted molar refractivity (Wildman–Crippen MR) is 101 cm³/mol. The van der Waals surface area contributed by atoms with Gasteiger partial charge in [0.05, 0.1) is 5.52 Å². The minimum atomic E-state index is -0.417. The van der Waals surface area contributed by atoms with E-state index in [1.54, 1.807) is 24.5 Å². The second kappa shape index (κ2) is 6.68. The van der Waals surface area contributed by atoms with Crippen LogP contribution in [0.3, 0.4) is 0 Å². The third-order valence-electron chi connectivity index (χ3n) is 4.59. The van der Waals surface area contributed by atoms with E-state index in [4.69, 9.17) is 4.52 Å². The number of pyridine rings is 1. The summed E-state index contributed by atoms with van der Waals surface area (Å²) < 4.78 is 7.23. The molecular formula is C20H19N5O2. The van der Waals surface area contributed by atoms with E-state index in [0.717, 1.165) is 22.0 Å². The number of carbonyl (C=O) groups is 1. The molecule has 0 bridgehead atoms. The molecule has 27 heavy (non-hydrogen) atoms. The largest absolute Gasteiger partial charge is 0.339 e. The van der Waals surface area contributed by atoms with Crippen LogP contribution in [0.2, 0.25) is 0 Å². The number of hydrogen-bond acceptors (Lipinski definition) is 5. The summed E-state index contributed by atoms with van der Waals surface area (Å²) in [5, 5.41) is 7.95. The Hall–Kier alpha value is -3.48. The number of nitrogens with zero attached hydrogens (tertiary/aromatic N) is 4. The van der Waals surface area contributed by atoms with Crippen molar-refractivity contribution in [3.05, 3.63) is 65.9 Å². The smallest absolute Gasteiger partial charge is 0.268 e. The van der Waals surface area contributed by atoms with Crippen LogP contribution in [-0.2, 0) is 7.05 Å². The summed E-state index contributed by atoms with van der Waals surface area (Å²) in [5.41, 5.74) is 3.57. The molecule has 0 radical (unpaired) electrons. The van der Waals surface area contributed by atoms with Crippen molar-refractivity contribution in [3.63, 3.8) is 0 Å². The lowest BCUT2D eigenvalue weighted by Gasteiger charge is -2.10. The highest BCUT2D eigenvalue weighted by atomic mass is 16.5. The van der Waals surface area contributed by atoms with Gasteiger partial charge in [0.15, 0.2) is 0 Å². The summed E-state index contributed by atoms with van der Waals surface area (Å²) >= 11 is 0. The molecule has 0 aliphatic carbocycles. The Morgan fingerprint density at radius 3 is 2.74 bits per heavy atom. The van der Waals surface area contributed by atoms with Crippen molar-refractivity contribution in [1.29, 1.82) is 0 Å². The van der Waals surface area contributed by atoms with Gasteiger partial charge in [-0.2, -0.15) is 4.98 Å². The maximum absolute atomic E-state index is 12.8. The minimum absolute atomic E-state index is 0.190. The van der Waals surface area contributed by atoms with E-state index in [1.807, 2.05) is 49.7 Å². The van der Waals surface area contributed by atoms with Crippen molar-refractivity contribution in [2.75, 3.05) is 0 Å². The number of aromatic nitrogens is 4. The van der Waals surface area contributed by atoms with Gasteiger partial charge in [-0.15, -0.1) is 0 Å². The second-order valence-electron chi connectivity index (χ2n) is 6.49. The SMILES string of the molecule is Cc1cccc2cc(C(=O)N[C@H](C)c3nc(-c4ccncc4)no3)n(C)c12. The number of fused-ring (bicyclic) bond motifs is 1. The van der Waals surface area contributed by atoms with Gasteiger partial charge in [-0.25, -0.2) is 0 Å². The topological polar surface area (TPSA) is 85.8 Å². The van der Waals surface area contributed by atoms with Gasteiger partial charge in [-0.3, -0.25) is 9.78 Å². The van der Waals surface area contributed by atoms with E-state index in [9.17, 15) is 4.79 Å². The first-order valence-corrected chi connectivity index (χ1v) is 8.64. The summed E-state index contributed by atoms with van der Waals surface area (Å²) in [6.45, 7) is 3.85. The first-order valence-electron chi connectivity index (χ1n) is 8.64. The van der Waals surface area contributed by atoms with Crippen LogP contribution in [0, 0.1) is 6.92 Å². The molecule has 0 unspecified atom stereocenters. The highest BCUT2D eigenvalue weighted by Crippen LogP contribution is 2.23. The van der Waals surface area contributed by atoms with Crippen molar-refractivity contribution >= 4 is 16.8 Å². The standard InChI is InChI=1S/C20H19N5O2/c1-12-5-4-6-15-11-16(25(3)17(12)15)19(26)22-13(2)20-23-18(24-27-20)14-7-9-21-10-8-14/h4-11,13H,1-3H3,(H,22,26)/t13-/m1/s1. The lowest BCUT2D eigenvalue weighted by Crippen LogP contribution is -2.28. The average Bonchev–Trinajstić information content (AvgIpc) is 3.28. The molecule has 1 N–H and O–H groups in total. The molecule has 4 rings (SSSR count). The predicted octanol–water partition coefficient (Wildman–Crippen LogP) is 3.42. The fourth-order valence-corrected chi connectivity index (χ4v) is 3.20. The molecule has 0 aliphatic rings. The molecule has 0 fully saturated rings. The first kappa shape index (κ1) is 17.0. The van der Waals surface area contributed by atoms with Gasteiger partial charge in [0, 0.05) is 30.4 Å². The van der Waals surface area contributed by atoms with Gasteiger partial charge in [-0.05, 0) is 37.6 Å². The lowest BCUT2D eigenvalue weighted by atomic mass is 10.2. The molecule has 1 aromatic carbocycles. The molecule has 1 atom stereocenters. The third-order valence-corrected chi connectivity index (χ3v) is 4.59. The van der Waals surface area contributed by atoms with Gasteiger partial charge in [-0.1, -0.05) is 23.4 Å². The Morgan fingerprint density at radius 2 is 2.00 bits per heavy atom. The van der Waals surface area contributed by atoms with E-state index < -0.39 is 6.04 Å². The monoisotopic (exact) mass is 361 g/mol. The van der Waals surface area contributed by atoms with E-state index in [1.165, 1.54) is 0 Å². The Bertz CT molecular complexity index is 1110. The van der Waals surface area contributed by atoms with Crippen LogP contribution in [0.15, 0.2) is 53.3 Å². The van der Waals surface area contributed by atoms with Crippen molar-refractivity contribution in [3.8, 4) is 11.4 Å². The zero-order valence-corrected chi connectivity index (χ0v) is 15.3. The maximum Gasteiger partial charge on any atom is 0.268 e. The molecule has 7 heteroatoms. The number of benzene rings is 1. The van der Waals surface area contributed by atoms with Crippen molar-refractivity contribution in [1.82, 2.24) is 25.0 Å². The van der Waals surface area contributed by atoms with Gasteiger partial charge >= 0.3 is 0 Å². The molecule has 0 saturated carbocycles. The number of rotatable bonds is 4. The molecule has 4 aromatic rings. The molecule has 0 saturated heterocycles. The van der Waals surface area contributed by atoms with E-state index in [0.29, 0.717) is 17.4 Å². The van der Waals surface area contributed by atoms with E-state index >= 15 is 0 Å². The number of aryl methyl sites for hydroxylation is 2. The third kappa shape index (κ3) is 3.08. The van der Waals surface area contributed by atoms with Crippen LogP contribution in [0.25, 0.3) is 22.3 Å². The molecule has 0 spiro atoms. The molecule has 3 aromatic heterocycles. The van der Waals surface area contributed by atoms with Crippen molar-refractivity contribution in [2.45, 2.75) is 19.9 Å². The van der Waals surface area contributed by atoms with Crippen LogP contribution < -0.4 is 5.32 Å². The van der Waals surface area contributed by atoms with Crippen LogP contribution in [0.4, 0.5) is 0 Å².